The number of thioether (sulfide) groups is 1. The predicted octanol–water partition coefficient (Wildman–Crippen LogP) is 5.23. The van der Waals surface area contributed by atoms with E-state index in [0.717, 1.165) is 41.4 Å². The summed E-state index contributed by atoms with van der Waals surface area (Å²) in [5.41, 5.74) is -0.0390. The molecule has 7 nitrogen and oxygen atoms in total. The Morgan fingerprint density at radius 1 is 1.18 bits per heavy atom. The number of nitrogens with zero attached hydrogens (tertiary/aromatic N) is 4. The molecule has 2 aromatic carbocycles. The van der Waals surface area contributed by atoms with E-state index in [2.05, 4.69) is 15.5 Å². The maximum absolute atomic E-state index is 12.9. The Bertz CT molecular complexity index is 1150. The van der Waals surface area contributed by atoms with Gasteiger partial charge >= 0.3 is 6.18 Å². The first-order valence-corrected chi connectivity index (χ1v) is 11.4. The highest BCUT2D eigenvalue weighted by atomic mass is 35.5. The molecule has 3 aromatic rings. The Morgan fingerprint density at radius 2 is 1.94 bits per heavy atom. The van der Waals surface area contributed by atoms with Crippen LogP contribution in [0.15, 0.2) is 47.6 Å². The fourth-order valence-electron chi connectivity index (χ4n) is 3.33. The number of carbonyl (C=O) groups excluding carboxylic acids is 1. The second-order valence-electron chi connectivity index (χ2n) is 7.04. The standard InChI is InChI=1S/C21H19ClF3N5O2S/c1-2-32-15-6-4-14(5-7-15)29-9-10-30-19(29)27-28-20(30)33-12-18(31)26-17-11-13(21(23,24)25)3-8-16(17)22/h3-8,11H,2,9-10,12H2,1H3,(H,26,31). The third-order valence-electron chi connectivity index (χ3n) is 4.85. The highest BCUT2D eigenvalue weighted by molar-refractivity contribution is 7.99. The number of hydrogen-bond donors (Lipinski definition) is 1. The van der Waals surface area contributed by atoms with Gasteiger partial charge in [-0.2, -0.15) is 13.2 Å². The number of halogens is 4. The fourth-order valence-corrected chi connectivity index (χ4v) is 4.25. The number of fused-ring (bicyclic) bond motifs is 1. The van der Waals surface area contributed by atoms with Gasteiger partial charge in [-0.15, -0.1) is 10.2 Å². The van der Waals surface area contributed by atoms with Crippen molar-refractivity contribution in [2.75, 3.05) is 29.1 Å². The molecule has 1 N–H and O–H groups in total. The second kappa shape index (κ2) is 9.52. The summed E-state index contributed by atoms with van der Waals surface area (Å²) in [7, 11) is 0. The highest BCUT2D eigenvalue weighted by Crippen LogP contribution is 2.35. The lowest BCUT2D eigenvalue weighted by atomic mass is 10.2. The first-order valence-electron chi connectivity index (χ1n) is 9.99. The van der Waals surface area contributed by atoms with Crippen LogP contribution in [0.4, 0.5) is 30.5 Å². The zero-order valence-electron chi connectivity index (χ0n) is 17.4. The van der Waals surface area contributed by atoms with Crippen LogP contribution in [0.2, 0.25) is 5.02 Å². The summed E-state index contributed by atoms with van der Waals surface area (Å²) in [6, 6.07) is 10.4. The Morgan fingerprint density at radius 3 is 2.64 bits per heavy atom. The molecule has 4 rings (SSSR count). The summed E-state index contributed by atoms with van der Waals surface area (Å²) in [5.74, 6) is 0.876. The molecule has 0 atom stereocenters. The number of amides is 1. The number of benzene rings is 2. The average Bonchev–Trinajstić information content (AvgIpc) is 3.36. The number of hydrogen-bond acceptors (Lipinski definition) is 6. The van der Waals surface area contributed by atoms with E-state index < -0.39 is 17.6 Å². The molecular formula is C21H19ClF3N5O2S. The van der Waals surface area contributed by atoms with E-state index in [0.29, 0.717) is 30.8 Å². The van der Waals surface area contributed by atoms with E-state index in [1.54, 1.807) is 0 Å². The van der Waals surface area contributed by atoms with Gasteiger partial charge in [0.05, 0.1) is 28.6 Å². The molecule has 1 aliphatic rings. The summed E-state index contributed by atoms with van der Waals surface area (Å²) >= 11 is 7.09. The van der Waals surface area contributed by atoms with Gasteiger partial charge in [0.15, 0.2) is 5.16 Å². The van der Waals surface area contributed by atoms with Gasteiger partial charge in [0.2, 0.25) is 11.9 Å². The van der Waals surface area contributed by atoms with Crippen molar-refractivity contribution in [3.05, 3.63) is 53.1 Å². The fraction of sp³-hybridized carbons (Fsp3) is 0.286. The van der Waals surface area contributed by atoms with Gasteiger partial charge < -0.3 is 15.0 Å². The third-order valence-corrected chi connectivity index (χ3v) is 6.14. The molecule has 0 radical (unpaired) electrons. The zero-order chi connectivity index (χ0) is 23.6. The zero-order valence-corrected chi connectivity index (χ0v) is 19.0. The van der Waals surface area contributed by atoms with E-state index >= 15 is 0 Å². The molecule has 1 aromatic heterocycles. The number of rotatable bonds is 7. The summed E-state index contributed by atoms with van der Waals surface area (Å²) in [6.45, 7) is 3.84. The van der Waals surface area contributed by atoms with Crippen LogP contribution in [0.25, 0.3) is 0 Å². The van der Waals surface area contributed by atoms with Crippen LogP contribution in [0.1, 0.15) is 12.5 Å². The molecule has 0 aliphatic carbocycles. The van der Waals surface area contributed by atoms with Crippen LogP contribution in [0.5, 0.6) is 5.75 Å². The summed E-state index contributed by atoms with van der Waals surface area (Å²) in [5, 5.41) is 11.4. The quantitative estimate of drug-likeness (QED) is 0.451. The third kappa shape index (κ3) is 5.19. The lowest BCUT2D eigenvalue weighted by molar-refractivity contribution is -0.137. The number of anilines is 3. The summed E-state index contributed by atoms with van der Waals surface area (Å²) in [6.07, 6.45) is -4.53. The van der Waals surface area contributed by atoms with Gasteiger partial charge in [0.25, 0.3) is 0 Å². The SMILES string of the molecule is CCOc1ccc(N2CCn3c(SCC(=O)Nc4cc(C(F)(F)F)ccc4Cl)nnc32)cc1. The van der Waals surface area contributed by atoms with E-state index in [1.807, 2.05) is 40.7 Å². The largest absolute Gasteiger partial charge is 0.494 e. The van der Waals surface area contributed by atoms with Gasteiger partial charge in [0, 0.05) is 18.8 Å². The van der Waals surface area contributed by atoms with Crippen LogP contribution in [0, 0.1) is 0 Å². The molecule has 2 heterocycles. The first kappa shape index (κ1) is 23.2. The molecule has 0 unspecified atom stereocenters. The average molecular weight is 498 g/mol. The Labute approximate surface area is 196 Å². The molecule has 1 amide bonds. The number of carbonyl (C=O) groups is 1. The van der Waals surface area contributed by atoms with Crippen molar-refractivity contribution in [2.24, 2.45) is 0 Å². The van der Waals surface area contributed by atoms with Crippen molar-refractivity contribution in [2.45, 2.75) is 24.8 Å². The maximum atomic E-state index is 12.9. The molecule has 0 spiro atoms. The number of ether oxygens (including phenoxy) is 1. The minimum atomic E-state index is -4.53. The van der Waals surface area contributed by atoms with Gasteiger partial charge in [-0.1, -0.05) is 23.4 Å². The summed E-state index contributed by atoms with van der Waals surface area (Å²) in [4.78, 5) is 14.3. The molecule has 1 aliphatic heterocycles. The molecule has 0 fully saturated rings. The monoisotopic (exact) mass is 497 g/mol. The topological polar surface area (TPSA) is 72.3 Å². The summed E-state index contributed by atoms with van der Waals surface area (Å²) < 4.78 is 46.1. The molecule has 33 heavy (non-hydrogen) atoms. The van der Waals surface area contributed by atoms with E-state index in [1.165, 1.54) is 0 Å². The number of nitrogens with one attached hydrogen (secondary N) is 1. The minimum absolute atomic E-state index is 0.0238. The van der Waals surface area contributed by atoms with Crippen LogP contribution in [-0.4, -0.2) is 39.6 Å². The Kier molecular flexibility index (Phi) is 6.71. The van der Waals surface area contributed by atoms with E-state index in [-0.39, 0.29) is 16.5 Å². The number of aromatic nitrogens is 3. The minimum Gasteiger partial charge on any atom is -0.494 e. The second-order valence-corrected chi connectivity index (χ2v) is 8.39. The van der Waals surface area contributed by atoms with Gasteiger partial charge in [0.1, 0.15) is 5.75 Å². The molecule has 12 heteroatoms. The molecule has 174 valence electrons. The maximum Gasteiger partial charge on any atom is 0.416 e. The van der Waals surface area contributed by atoms with Crippen molar-refractivity contribution >= 4 is 46.6 Å². The van der Waals surface area contributed by atoms with Crippen molar-refractivity contribution in [1.29, 1.82) is 0 Å². The van der Waals surface area contributed by atoms with Gasteiger partial charge in [-0.25, -0.2) is 0 Å². The first-order chi connectivity index (χ1) is 15.8. The van der Waals surface area contributed by atoms with Gasteiger partial charge in [-0.3, -0.25) is 9.36 Å². The smallest absolute Gasteiger partial charge is 0.416 e. The lowest BCUT2D eigenvalue weighted by Gasteiger charge is -2.15. The molecule has 0 saturated heterocycles. The molecule has 0 bridgehead atoms. The Balaban J connectivity index is 1.40. The number of alkyl halides is 3. The molecule has 0 saturated carbocycles. The van der Waals surface area contributed by atoms with Crippen molar-refractivity contribution in [1.82, 2.24) is 14.8 Å². The van der Waals surface area contributed by atoms with Crippen molar-refractivity contribution in [3.8, 4) is 5.75 Å². The van der Waals surface area contributed by atoms with Crippen LogP contribution in [0.3, 0.4) is 0 Å². The van der Waals surface area contributed by atoms with Crippen LogP contribution < -0.4 is 15.0 Å². The highest BCUT2D eigenvalue weighted by Gasteiger charge is 2.31. The van der Waals surface area contributed by atoms with Gasteiger partial charge in [-0.05, 0) is 49.4 Å². The lowest BCUT2D eigenvalue weighted by Crippen LogP contribution is -2.16. The Hall–Kier alpha value is -2.92. The van der Waals surface area contributed by atoms with Crippen molar-refractivity contribution < 1.29 is 22.7 Å². The van der Waals surface area contributed by atoms with E-state index in [4.69, 9.17) is 16.3 Å². The predicted molar refractivity (Wildman–Crippen MR) is 120 cm³/mol. The molecular weight excluding hydrogens is 479 g/mol. The van der Waals surface area contributed by atoms with Crippen molar-refractivity contribution in [3.63, 3.8) is 0 Å². The van der Waals surface area contributed by atoms with E-state index in [9.17, 15) is 18.0 Å². The van der Waals surface area contributed by atoms with Crippen LogP contribution >= 0.6 is 23.4 Å². The normalized spacial score (nSPS) is 13.2. The van der Waals surface area contributed by atoms with Crippen LogP contribution in [-0.2, 0) is 17.5 Å².